The molecule has 6 heteroatoms. The first-order chi connectivity index (χ1) is 7.06. The lowest BCUT2D eigenvalue weighted by atomic mass is 10.3. The Morgan fingerprint density at radius 3 is 2.87 bits per heavy atom. The van der Waals surface area contributed by atoms with Crippen LogP contribution < -0.4 is 10.0 Å². The van der Waals surface area contributed by atoms with Crippen LogP contribution >= 0.6 is 0 Å². The Morgan fingerprint density at radius 1 is 1.67 bits per heavy atom. The molecule has 1 rings (SSSR count). The Balaban J connectivity index is 3.12. The highest BCUT2D eigenvalue weighted by molar-refractivity contribution is 5.42. The van der Waals surface area contributed by atoms with Crippen LogP contribution in [0, 0.1) is 22.2 Å². The molecule has 6 nitrogen and oxygen atoms in total. The van der Waals surface area contributed by atoms with E-state index in [1.165, 1.54) is 19.1 Å². The van der Waals surface area contributed by atoms with E-state index in [0.29, 0.717) is 11.3 Å². The van der Waals surface area contributed by atoms with Crippen LogP contribution in [0.5, 0.6) is 0 Å². The summed E-state index contributed by atoms with van der Waals surface area (Å²) in [5, 5.41) is 24.7. The lowest BCUT2D eigenvalue weighted by Crippen LogP contribution is -2.34. The molecule has 1 N–H and O–H groups in total. The number of aryl methyl sites for hydroxylation is 1. The van der Waals surface area contributed by atoms with E-state index < -0.39 is 4.92 Å². The van der Waals surface area contributed by atoms with Gasteiger partial charge in [0.1, 0.15) is 18.3 Å². The number of anilines is 1. The van der Waals surface area contributed by atoms with Gasteiger partial charge < -0.3 is 5.21 Å². The normalized spacial score (nSPS) is 9.67. The van der Waals surface area contributed by atoms with Crippen molar-refractivity contribution in [2.75, 3.05) is 11.9 Å². The van der Waals surface area contributed by atoms with Gasteiger partial charge in [-0.15, -0.1) is 0 Å². The quantitative estimate of drug-likeness (QED) is 0.265. The first kappa shape index (κ1) is 11.0. The molecule has 0 aromatic carbocycles. The van der Waals surface area contributed by atoms with E-state index in [2.05, 4.69) is 11.9 Å². The number of hydrogen-bond acceptors (Lipinski definition) is 4. The van der Waals surface area contributed by atoms with Crippen molar-refractivity contribution >= 4 is 11.5 Å². The fourth-order valence-electron chi connectivity index (χ4n) is 1.11. The van der Waals surface area contributed by atoms with Crippen molar-refractivity contribution in [3.63, 3.8) is 0 Å². The van der Waals surface area contributed by atoms with Gasteiger partial charge in [0, 0.05) is 0 Å². The number of nitrogens with zero attached hydrogens (tertiary/aromatic N) is 2. The van der Waals surface area contributed by atoms with Crippen molar-refractivity contribution in [3.05, 3.63) is 45.8 Å². The third kappa shape index (κ3) is 2.43. The second-order valence-electron chi connectivity index (χ2n) is 2.96. The predicted molar refractivity (Wildman–Crippen MR) is 55.5 cm³/mol. The maximum Gasteiger partial charge on any atom is 0.284 e. The van der Waals surface area contributed by atoms with E-state index in [-0.39, 0.29) is 17.2 Å². The minimum absolute atomic E-state index is 0.105. The van der Waals surface area contributed by atoms with Crippen molar-refractivity contribution in [2.24, 2.45) is 0 Å². The summed E-state index contributed by atoms with van der Waals surface area (Å²) < 4.78 is 0.608. The molecule has 15 heavy (non-hydrogen) atoms. The number of nitrogens with one attached hydrogen (secondary N) is 1. The van der Waals surface area contributed by atoms with Crippen molar-refractivity contribution in [3.8, 4) is 0 Å². The number of nitro groups is 1. The minimum atomic E-state index is -0.536. The van der Waals surface area contributed by atoms with Crippen molar-refractivity contribution in [2.45, 2.75) is 6.92 Å². The zero-order valence-corrected chi connectivity index (χ0v) is 8.27. The Kier molecular flexibility index (Phi) is 3.22. The number of rotatable bonds is 4. The average molecular weight is 209 g/mol. The molecule has 0 unspecified atom stereocenters. The number of pyridine rings is 1. The minimum Gasteiger partial charge on any atom is -0.710 e. The largest absolute Gasteiger partial charge is 0.710 e. The Morgan fingerprint density at radius 2 is 2.33 bits per heavy atom. The highest BCUT2D eigenvalue weighted by atomic mass is 16.6. The van der Waals surface area contributed by atoms with Gasteiger partial charge in [-0.1, -0.05) is 12.7 Å². The molecule has 0 saturated heterocycles. The second kappa shape index (κ2) is 4.41. The van der Waals surface area contributed by atoms with Gasteiger partial charge in [0.15, 0.2) is 0 Å². The van der Waals surface area contributed by atoms with Crippen LogP contribution in [-0.4, -0.2) is 11.5 Å². The first-order valence-electron chi connectivity index (χ1n) is 4.29. The fraction of sp³-hybridized carbons (Fsp3) is 0.222. The summed E-state index contributed by atoms with van der Waals surface area (Å²) in [5.41, 5.74) is 0.168. The maximum atomic E-state index is 11.4. The van der Waals surface area contributed by atoms with Gasteiger partial charge in [-0.25, -0.2) is 4.73 Å². The molecular weight excluding hydrogens is 198 g/mol. The van der Waals surface area contributed by atoms with Crippen LogP contribution in [0.25, 0.3) is 0 Å². The van der Waals surface area contributed by atoms with Gasteiger partial charge >= 0.3 is 0 Å². The Hall–Kier alpha value is -2.11. The molecule has 0 aliphatic carbocycles. The maximum absolute atomic E-state index is 11.4. The highest BCUT2D eigenvalue weighted by Crippen LogP contribution is 2.15. The van der Waals surface area contributed by atoms with E-state index in [4.69, 9.17) is 0 Å². The summed E-state index contributed by atoms with van der Waals surface area (Å²) in [5.74, 6) is 0.154. The van der Waals surface area contributed by atoms with E-state index in [0.717, 1.165) is 0 Å². The van der Waals surface area contributed by atoms with Crippen molar-refractivity contribution < 1.29 is 9.65 Å². The topological polar surface area (TPSA) is 82.1 Å². The average Bonchev–Trinajstić information content (AvgIpc) is 2.19. The third-order valence-electron chi connectivity index (χ3n) is 1.82. The molecule has 0 fully saturated rings. The molecule has 0 radical (unpaired) electrons. The number of aromatic nitrogens is 1. The first-order valence-corrected chi connectivity index (χ1v) is 4.29. The van der Waals surface area contributed by atoms with E-state index in [9.17, 15) is 15.3 Å². The smallest absolute Gasteiger partial charge is 0.284 e. The van der Waals surface area contributed by atoms with E-state index in [1.807, 2.05) is 0 Å². The van der Waals surface area contributed by atoms with Gasteiger partial charge in [0.25, 0.3) is 11.5 Å². The molecule has 0 amide bonds. The standard InChI is InChI=1S/C9H11N3O3/c1-3-4-10-9-6-8(12(14)15)5-7(2)11(9)13/h3,5-6,10H,1,4H2,2H3. The summed E-state index contributed by atoms with van der Waals surface area (Å²) in [6.45, 7) is 5.37. The van der Waals surface area contributed by atoms with Crippen LogP contribution in [0.15, 0.2) is 24.8 Å². The molecule has 0 bridgehead atoms. The van der Waals surface area contributed by atoms with Gasteiger partial charge in [-0.3, -0.25) is 15.4 Å². The molecule has 0 aliphatic heterocycles. The summed E-state index contributed by atoms with van der Waals surface area (Å²) in [7, 11) is 0. The molecule has 1 aromatic heterocycles. The molecule has 0 aliphatic rings. The Bertz CT molecular complexity index is 404. The predicted octanol–water partition coefficient (Wildman–Crippen LogP) is 1.13. The third-order valence-corrected chi connectivity index (χ3v) is 1.82. The Labute approximate surface area is 86.6 Å². The van der Waals surface area contributed by atoms with E-state index >= 15 is 0 Å². The molecule has 0 spiro atoms. The van der Waals surface area contributed by atoms with Crippen LogP contribution in [0.4, 0.5) is 11.5 Å². The van der Waals surface area contributed by atoms with Crippen molar-refractivity contribution in [1.82, 2.24) is 0 Å². The lowest BCUT2D eigenvalue weighted by Gasteiger charge is -2.10. The molecule has 0 saturated carbocycles. The van der Waals surface area contributed by atoms with Crippen LogP contribution in [0.3, 0.4) is 0 Å². The summed E-state index contributed by atoms with van der Waals surface area (Å²) in [6, 6.07) is 2.43. The second-order valence-corrected chi connectivity index (χ2v) is 2.96. The van der Waals surface area contributed by atoms with Gasteiger partial charge in [0.2, 0.25) is 0 Å². The molecular formula is C9H11N3O3. The van der Waals surface area contributed by atoms with Crippen LogP contribution in [0.2, 0.25) is 0 Å². The monoisotopic (exact) mass is 209 g/mol. The summed E-state index contributed by atoms with van der Waals surface area (Å²) in [4.78, 5) is 10.0. The summed E-state index contributed by atoms with van der Waals surface area (Å²) in [6.07, 6.45) is 1.56. The zero-order chi connectivity index (χ0) is 11.4. The van der Waals surface area contributed by atoms with Crippen molar-refractivity contribution in [1.29, 1.82) is 0 Å². The molecule has 0 atom stereocenters. The van der Waals surface area contributed by atoms with Gasteiger partial charge in [-0.2, -0.15) is 0 Å². The fourth-order valence-corrected chi connectivity index (χ4v) is 1.11. The van der Waals surface area contributed by atoms with Gasteiger partial charge in [0.05, 0.1) is 11.0 Å². The van der Waals surface area contributed by atoms with Gasteiger partial charge in [-0.05, 0) is 6.92 Å². The van der Waals surface area contributed by atoms with E-state index in [1.54, 1.807) is 6.08 Å². The zero-order valence-electron chi connectivity index (χ0n) is 8.27. The van der Waals surface area contributed by atoms with Crippen LogP contribution in [-0.2, 0) is 0 Å². The molecule has 80 valence electrons. The van der Waals surface area contributed by atoms with Crippen LogP contribution in [0.1, 0.15) is 5.69 Å². The molecule has 1 heterocycles. The highest BCUT2D eigenvalue weighted by Gasteiger charge is 2.14. The summed E-state index contributed by atoms with van der Waals surface area (Å²) >= 11 is 0. The number of hydrogen-bond donors (Lipinski definition) is 1. The lowest BCUT2D eigenvalue weighted by molar-refractivity contribution is -0.598. The SMILES string of the molecule is C=CCNc1cc([N+](=O)[O-])cc(C)[n+]1[O-]. The molecule has 1 aromatic rings.